The van der Waals surface area contributed by atoms with Crippen molar-refractivity contribution < 1.29 is 28.5 Å². The van der Waals surface area contributed by atoms with E-state index in [1.165, 1.54) is 0 Å². The van der Waals surface area contributed by atoms with E-state index in [0.717, 1.165) is 22.3 Å². The van der Waals surface area contributed by atoms with Crippen molar-refractivity contribution in [2.24, 2.45) is 0 Å². The fourth-order valence-electron chi connectivity index (χ4n) is 5.84. The molecule has 1 fully saturated rings. The third-order valence-electron chi connectivity index (χ3n) is 8.28. The molecule has 0 amide bonds. The highest BCUT2D eigenvalue weighted by Gasteiger charge is 2.49. The molecule has 5 atom stereocenters. The van der Waals surface area contributed by atoms with Gasteiger partial charge in [-0.2, -0.15) is 0 Å². The Morgan fingerprint density at radius 3 is 1.19 bits per heavy atom. The molecule has 1 saturated carbocycles. The second-order valence-electron chi connectivity index (χ2n) is 11.7. The van der Waals surface area contributed by atoms with Crippen LogP contribution in [0.2, 0.25) is 0 Å². The normalized spacial score (nSPS) is 20.8. The fraction of sp³-hybridized carbons (Fsp3) is 0.244. The van der Waals surface area contributed by atoms with E-state index in [-0.39, 0.29) is 0 Å². The Bertz CT molecular complexity index is 1620. The Morgan fingerprint density at radius 1 is 0.426 bits per heavy atom. The second kappa shape index (κ2) is 16.8. The first-order valence-electron chi connectivity index (χ1n) is 16.1. The molecule has 6 nitrogen and oxygen atoms in total. The largest absolute Gasteiger partial charge is 0.456 e. The van der Waals surface area contributed by atoms with Gasteiger partial charge in [-0.05, 0) is 34.4 Å². The van der Waals surface area contributed by atoms with E-state index in [1.54, 1.807) is 12.1 Å². The van der Waals surface area contributed by atoms with Gasteiger partial charge in [0.1, 0.15) is 24.4 Å². The lowest BCUT2D eigenvalue weighted by Crippen LogP contribution is -2.60. The SMILES string of the molecule is O=C(O[C@@H]1C[C@H](OCc2ccccc2)[C@@H](OCc2ccccc2)[C@H](OCc2ccccc2)[C@H]1OCc1ccccc1)c1ccccc1. The topological polar surface area (TPSA) is 63.2 Å². The number of ether oxygens (including phenoxy) is 5. The number of esters is 1. The summed E-state index contributed by atoms with van der Waals surface area (Å²) in [6, 6.07) is 49.1. The number of carbonyl (C=O) groups is 1. The average molecular weight is 629 g/mol. The van der Waals surface area contributed by atoms with E-state index in [4.69, 9.17) is 23.7 Å². The van der Waals surface area contributed by atoms with Crippen LogP contribution in [0.4, 0.5) is 0 Å². The van der Waals surface area contributed by atoms with Gasteiger partial charge in [0.15, 0.2) is 0 Å². The van der Waals surface area contributed by atoms with E-state index in [0.29, 0.717) is 38.4 Å². The second-order valence-corrected chi connectivity index (χ2v) is 11.7. The molecular formula is C41H40O6. The van der Waals surface area contributed by atoms with Crippen molar-refractivity contribution >= 4 is 5.97 Å². The molecule has 5 aromatic rings. The van der Waals surface area contributed by atoms with Gasteiger partial charge >= 0.3 is 5.97 Å². The summed E-state index contributed by atoms with van der Waals surface area (Å²) in [5.74, 6) is -0.420. The van der Waals surface area contributed by atoms with E-state index < -0.39 is 36.5 Å². The van der Waals surface area contributed by atoms with Crippen LogP contribution in [0.3, 0.4) is 0 Å². The predicted molar refractivity (Wildman–Crippen MR) is 180 cm³/mol. The number of rotatable bonds is 14. The highest BCUT2D eigenvalue weighted by molar-refractivity contribution is 5.89. The molecule has 0 unspecified atom stereocenters. The molecule has 240 valence electrons. The van der Waals surface area contributed by atoms with Gasteiger partial charge in [-0.1, -0.05) is 140 Å². The molecule has 0 aromatic heterocycles. The van der Waals surface area contributed by atoms with E-state index >= 15 is 0 Å². The Morgan fingerprint density at radius 2 is 0.766 bits per heavy atom. The number of carbonyl (C=O) groups excluding carboxylic acids is 1. The zero-order valence-corrected chi connectivity index (χ0v) is 26.3. The minimum absolute atomic E-state index is 0.317. The number of hydrogen-bond acceptors (Lipinski definition) is 6. The first kappa shape index (κ1) is 32.4. The summed E-state index contributed by atoms with van der Waals surface area (Å²) in [6.45, 7) is 1.38. The smallest absolute Gasteiger partial charge is 0.338 e. The van der Waals surface area contributed by atoms with Crippen LogP contribution in [0, 0.1) is 0 Å². The molecule has 6 heteroatoms. The van der Waals surface area contributed by atoms with Crippen molar-refractivity contribution in [2.45, 2.75) is 63.4 Å². The van der Waals surface area contributed by atoms with Crippen LogP contribution < -0.4 is 0 Å². The minimum Gasteiger partial charge on any atom is -0.456 e. The van der Waals surface area contributed by atoms with Crippen LogP contribution in [0.5, 0.6) is 0 Å². The van der Waals surface area contributed by atoms with Gasteiger partial charge in [0.2, 0.25) is 0 Å². The van der Waals surface area contributed by atoms with Crippen molar-refractivity contribution in [3.8, 4) is 0 Å². The molecule has 47 heavy (non-hydrogen) atoms. The van der Waals surface area contributed by atoms with Crippen molar-refractivity contribution in [3.63, 3.8) is 0 Å². The van der Waals surface area contributed by atoms with Gasteiger partial charge in [-0.15, -0.1) is 0 Å². The molecule has 0 N–H and O–H groups in total. The van der Waals surface area contributed by atoms with Crippen molar-refractivity contribution in [1.29, 1.82) is 0 Å². The molecule has 1 aliphatic carbocycles. The van der Waals surface area contributed by atoms with Gasteiger partial charge in [-0.25, -0.2) is 4.79 Å². The quantitative estimate of drug-likeness (QED) is 0.116. The Labute approximate surface area is 276 Å². The van der Waals surface area contributed by atoms with E-state index in [9.17, 15) is 4.79 Å². The Kier molecular flexibility index (Phi) is 11.6. The fourth-order valence-corrected chi connectivity index (χ4v) is 5.84. The summed E-state index contributed by atoms with van der Waals surface area (Å²) in [4.78, 5) is 13.5. The lowest BCUT2D eigenvalue weighted by atomic mass is 9.86. The van der Waals surface area contributed by atoms with Crippen LogP contribution in [0.25, 0.3) is 0 Å². The van der Waals surface area contributed by atoms with Gasteiger partial charge in [0, 0.05) is 6.42 Å². The zero-order chi connectivity index (χ0) is 32.1. The van der Waals surface area contributed by atoms with Gasteiger partial charge in [0.05, 0.1) is 38.1 Å². The van der Waals surface area contributed by atoms with Crippen LogP contribution in [-0.2, 0) is 50.1 Å². The molecule has 5 aromatic carbocycles. The summed E-state index contributed by atoms with van der Waals surface area (Å²) >= 11 is 0. The molecule has 0 saturated heterocycles. The zero-order valence-electron chi connectivity index (χ0n) is 26.3. The number of benzene rings is 5. The summed E-state index contributed by atoms with van der Waals surface area (Å²) in [5, 5.41) is 0. The molecule has 0 spiro atoms. The Balaban J connectivity index is 1.34. The molecular weight excluding hydrogens is 588 g/mol. The summed E-state index contributed by atoms with van der Waals surface area (Å²) in [7, 11) is 0. The first-order chi connectivity index (χ1) is 23.2. The minimum atomic E-state index is -0.662. The van der Waals surface area contributed by atoms with Crippen molar-refractivity contribution in [1.82, 2.24) is 0 Å². The molecule has 0 aliphatic heterocycles. The van der Waals surface area contributed by atoms with Gasteiger partial charge in [-0.3, -0.25) is 0 Å². The van der Waals surface area contributed by atoms with Crippen LogP contribution in [-0.4, -0.2) is 36.5 Å². The third-order valence-corrected chi connectivity index (χ3v) is 8.28. The maximum atomic E-state index is 13.5. The lowest BCUT2D eigenvalue weighted by Gasteiger charge is -2.45. The molecule has 0 heterocycles. The van der Waals surface area contributed by atoms with E-state index in [2.05, 4.69) is 0 Å². The van der Waals surface area contributed by atoms with Crippen LogP contribution in [0.15, 0.2) is 152 Å². The third kappa shape index (κ3) is 9.24. The molecule has 0 bridgehead atoms. The van der Waals surface area contributed by atoms with Crippen molar-refractivity contribution in [3.05, 3.63) is 179 Å². The highest BCUT2D eigenvalue weighted by atomic mass is 16.6. The first-order valence-corrected chi connectivity index (χ1v) is 16.1. The standard InChI is InChI=1S/C41H40O6/c42-41(35-24-14-5-15-25-35)47-37-26-36(43-27-31-16-6-1-7-17-31)38(44-28-32-18-8-2-9-19-32)40(46-30-34-22-12-4-13-23-34)39(37)45-29-33-20-10-3-11-21-33/h1-25,36-40H,26-30H2/t36-,37+,38+,39-,40-/m0/s1. The summed E-state index contributed by atoms with van der Waals surface area (Å²) in [5.41, 5.74) is 4.57. The number of hydrogen-bond donors (Lipinski definition) is 0. The maximum absolute atomic E-state index is 13.5. The van der Waals surface area contributed by atoms with Crippen LogP contribution in [0.1, 0.15) is 39.0 Å². The average Bonchev–Trinajstić information content (AvgIpc) is 3.14. The summed E-state index contributed by atoms with van der Waals surface area (Å²) < 4.78 is 33.0. The molecule has 6 rings (SSSR count). The highest BCUT2D eigenvalue weighted by Crippen LogP contribution is 2.34. The van der Waals surface area contributed by atoms with Gasteiger partial charge < -0.3 is 23.7 Å². The lowest BCUT2D eigenvalue weighted by molar-refractivity contribution is -0.240. The summed E-state index contributed by atoms with van der Waals surface area (Å²) in [6.07, 6.45) is -2.52. The Hall–Kier alpha value is -4.59. The molecule has 1 aliphatic rings. The maximum Gasteiger partial charge on any atom is 0.338 e. The van der Waals surface area contributed by atoms with Gasteiger partial charge in [0.25, 0.3) is 0 Å². The van der Waals surface area contributed by atoms with Crippen LogP contribution >= 0.6 is 0 Å². The predicted octanol–water partition coefficient (Wildman–Crippen LogP) is 7.96. The van der Waals surface area contributed by atoms with E-state index in [1.807, 2.05) is 140 Å². The molecule has 0 radical (unpaired) electrons. The monoisotopic (exact) mass is 628 g/mol. The van der Waals surface area contributed by atoms with Crippen molar-refractivity contribution in [2.75, 3.05) is 0 Å².